The van der Waals surface area contributed by atoms with Crippen molar-refractivity contribution in [1.82, 2.24) is 4.98 Å². The van der Waals surface area contributed by atoms with Gasteiger partial charge in [0.2, 0.25) is 0 Å². The van der Waals surface area contributed by atoms with E-state index in [9.17, 15) is 9.90 Å². The first kappa shape index (κ1) is 18.6. The van der Waals surface area contributed by atoms with Crippen LogP contribution in [0.3, 0.4) is 0 Å². The lowest BCUT2D eigenvalue weighted by molar-refractivity contribution is 0.145. The maximum absolute atomic E-state index is 12.5. The molecule has 0 amide bonds. The molecule has 0 saturated carbocycles. The number of aliphatic hydroxyl groups excluding tert-OH is 1. The Bertz CT molecular complexity index is 1030. The molecule has 0 atom stereocenters. The van der Waals surface area contributed by atoms with Crippen molar-refractivity contribution in [3.05, 3.63) is 69.5 Å². The number of benzene rings is 2. The fraction of sp³-hybridized carbons (Fsp3) is 0.348. The van der Waals surface area contributed by atoms with Crippen LogP contribution in [0, 0.1) is 13.8 Å². The molecule has 1 saturated heterocycles. The zero-order valence-electron chi connectivity index (χ0n) is 16.5. The van der Waals surface area contributed by atoms with Crippen molar-refractivity contribution in [1.29, 1.82) is 0 Å². The molecule has 28 heavy (non-hydrogen) atoms. The topological polar surface area (TPSA) is 68.4 Å². The maximum Gasteiger partial charge on any atom is 0.253 e. The molecule has 5 nitrogen and oxygen atoms in total. The Morgan fingerprint density at radius 2 is 1.75 bits per heavy atom. The molecule has 0 bridgehead atoms. The fourth-order valence-electron chi connectivity index (χ4n) is 3.86. The summed E-state index contributed by atoms with van der Waals surface area (Å²) in [5, 5.41) is 14.1. The highest BCUT2D eigenvalue weighted by atomic mass is 16.3. The minimum Gasteiger partial charge on any atom is -0.393 e. The van der Waals surface area contributed by atoms with E-state index in [1.807, 2.05) is 31.2 Å². The molecule has 1 aromatic heterocycles. The first-order valence-corrected chi connectivity index (χ1v) is 9.90. The number of anilines is 2. The van der Waals surface area contributed by atoms with E-state index in [-0.39, 0.29) is 11.7 Å². The van der Waals surface area contributed by atoms with E-state index in [0.717, 1.165) is 59.2 Å². The lowest BCUT2D eigenvalue weighted by Gasteiger charge is -2.31. The number of pyridine rings is 1. The van der Waals surface area contributed by atoms with Crippen molar-refractivity contribution in [2.45, 2.75) is 39.3 Å². The third-order valence-electron chi connectivity index (χ3n) is 5.70. The second-order valence-electron chi connectivity index (χ2n) is 7.73. The van der Waals surface area contributed by atoms with E-state index < -0.39 is 0 Å². The Kier molecular flexibility index (Phi) is 5.09. The van der Waals surface area contributed by atoms with E-state index >= 15 is 0 Å². The molecule has 2 aromatic carbocycles. The number of aryl methyl sites for hydroxylation is 2. The molecule has 1 fully saturated rings. The quantitative estimate of drug-likeness (QED) is 0.648. The molecule has 4 rings (SSSR count). The minimum atomic E-state index is -0.162. The van der Waals surface area contributed by atoms with Gasteiger partial charge in [0.15, 0.2) is 0 Å². The lowest BCUT2D eigenvalue weighted by Crippen LogP contribution is -2.35. The zero-order chi connectivity index (χ0) is 19.7. The van der Waals surface area contributed by atoms with Gasteiger partial charge >= 0.3 is 0 Å². The van der Waals surface area contributed by atoms with Crippen LogP contribution < -0.4 is 15.8 Å². The molecular formula is C23H27N3O2. The van der Waals surface area contributed by atoms with Gasteiger partial charge in [-0.3, -0.25) is 4.79 Å². The van der Waals surface area contributed by atoms with Crippen LogP contribution in [-0.2, 0) is 6.54 Å². The number of fused-ring (bicyclic) bond motifs is 1. The summed E-state index contributed by atoms with van der Waals surface area (Å²) in [6, 6.07) is 14.4. The van der Waals surface area contributed by atoms with Gasteiger partial charge in [0.25, 0.3) is 5.56 Å². The van der Waals surface area contributed by atoms with Crippen LogP contribution in [0.1, 0.15) is 29.5 Å². The molecule has 1 aliphatic heterocycles. The first-order valence-electron chi connectivity index (χ1n) is 9.90. The summed E-state index contributed by atoms with van der Waals surface area (Å²) in [4.78, 5) is 17.8. The Hall–Kier alpha value is -2.79. The first-order chi connectivity index (χ1) is 13.5. The molecule has 0 spiro atoms. The van der Waals surface area contributed by atoms with Gasteiger partial charge < -0.3 is 20.3 Å². The van der Waals surface area contributed by atoms with E-state index in [2.05, 4.69) is 40.3 Å². The standard InChI is InChI=1S/C23H27N3O2/c1-15-3-4-16(2)22-21(15)13-17(23(28)25-22)14-24-18-5-7-19(8-6-18)26-11-9-20(27)10-12-26/h3-8,13,20,24,27H,9-12,14H2,1-2H3,(H,25,28). The smallest absolute Gasteiger partial charge is 0.253 e. The molecule has 0 aliphatic carbocycles. The van der Waals surface area contributed by atoms with Crippen LogP contribution in [0.2, 0.25) is 0 Å². The Morgan fingerprint density at radius 1 is 1.07 bits per heavy atom. The normalized spacial score (nSPS) is 15.2. The summed E-state index contributed by atoms with van der Waals surface area (Å²) < 4.78 is 0. The number of aromatic nitrogens is 1. The molecule has 3 N–H and O–H groups in total. The van der Waals surface area contributed by atoms with Crippen molar-refractivity contribution in [2.75, 3.05) is 23.3 Å². The largest absolute Gasteiger partial charge is 0.393 e. The molecule has 3 aromatic rings. The second-order valence-corrected chi connectivity index (χ2v) is 7.73. The van der Waals surface area contributed by atoms with Gasteiger partial charge in [-0.25, -0.2) is 0 Å². The molecular weight excluding hydrogens is 350 g/mol. The molecule has 2 heterocycles. The van der Waals surface area contributed by atoms with Gasteiger partial charge in [-0.2, -0.15) is 0 Å². The zero-order valence-corrected chi connectivity index (χ0v) is 16.5. The van der Waals surface area contributed by atoms with Crippen molar-refractivity contribution in [3.63, 3.8) is 0 Å². The van der Waals surface area contributed by atoms with Crippen LogP contribution in [0.25, 0.3) is 10.9 Å². The van der Waals surface area contributed by atoms with Crippen LogP contribution in [-0.4, -0.2) is 29.3 Å². The summed E-state index contributed by atoms with van der Waals surface area (Å²) >= 11 is 0. The molecule has 5 heteroatoms. The average Bonchev–Trinajstić information content (AvgIpc) is 2.71. The van der Waals surface area contributed by atoms with Crippen LogP contribution in [0.5, 0.6) is 0 Å². The summed E-state index contributed by atoms with van der Waals surface area (Å²) in [6.07, 6.45) is 1.48. The predicted octanol–water partition coefficient (Wildman–Crippen LogP) is 3.72. The van der Waals surface area contributed by atoms with Crippen molar-refractivity contribution in [3.8, 4) is 0 Å². The highest BCUT2D eigenvalue weighted by Gasteiger charge is 2.17. The number of aliphatic hydroxyl groups is 1. The summed E-state index contributed by atoms with van der Waals surface area (Å²) in [5.41, 5.74) is 6.01. The number of nitrogens with one attached hydrogen (secondary N) is 2. The second kappa shape index (κ2) is 7.68. The number of hydrogen-bond acceptors (Lipinski definition) is 4. The Labute approximate surface area is 165 Å². The van der Waals surface area contributed by atoms with Crippen LogP contribution >= 0.6 is 0 Å². The van der Waals surface area contributed by atoms with Crippen molar-refractivity contribution < 1.29 is 5.11 Å². The average molecular weight is 377 g/mol. The van der Waals surface area contributed by atoms with E-state index in [1.165, 1.54) is 5.69 Å². The van der Waals surface area contributed by atoms with E-state index in [4.69, 9.17) is 0 Å². The number of nitrogens with zero attached hydrogens (tertiary/aromatic N) is 1. The van der Waals surface area contributed by atoms with Gasteiger partial charge in [0.05, 0.1) is 11.6 Å². The monoisotopic (exact) mass is 377 g/mol. The lowest BCUT2D eigenvalue weighted by atomic mass is 10.0. The Morgan fingerprint density at radius 3 is 2.46 bits per heavy atom. The van der Waals surface area contributed by atoms with Crippen LogP contribution in [0.4, 0.5) is 11.4 Å². The third-order valence-corrected chi connectivity index (χ3v) is 5.70. The number of rotatable bonds is 4. The van der Waals surface area contributed by atoms with Gasteiger partial charge in [-0.15, -0.1) is 0 Å². The highest BCUT2D eigenvalue weighted by molar-refractivity contribution is 5.85. The fourth-order valence-corrected chi connectivity index (χ4v) is 3.86. The minimum absolute atomic E-state index is 0.0443. The van der Waals surface area contributed by atoms with E-state index in [1.54, 1.807) is 0 Å². The van der Waals surface area contributed by atoms with Gasteiger partial charge in [-0.05, 0) is 68.1 Å². The third kappa shape index (κ3) is 3.76. The van der Waals surface area contributed by atoms with Crippen LogP contribution in [0.15, 0.2) is 47.3 Å². The van der Waals surface area contributed by atoms with Gasteiger partial charge in [0.1, 0.15) is 0 Å². The molecule has 1 aliphatic rings. The SMILES string of the molecule is Cc1ccc(C)c2[nH]c(=O)c(CNc3ccc(N4CCC(O)CC4)cc3)cc12. The summed E-state index contributed by atoms with van der Waals surface area (Å²) in [5.74, 6) is 0. The number of piperidine rings is 1. The number of aromatic amines is 1. The molecule has 0 radical (unpaired) electrons. The van der Waals surface area contributed by atoms with Crippen molar-refractivity contribution in [2.24, 2.45) is 0 Å². The van der Waals surface area contributed by atoms with Crippen molar-refractivity contribution >= 4 is 22.3 Å². The highest BCUT2D eigenvalue weighted by Crippen LogP contribution is 2.23. The summed E-state index contributed by atoms with van der Waals surface area (Å²) in [6.45, 7) is 6.34. The molecule has 0 unspecified atom stereocenters. The molecule has 146 valence electrons. The van der Waals surface area contributed by atoms with Gasteiger partial charge in [-0.1, -0.05) is 12.1 Å². The Balaban J connectivity index is 1.48. The number of H-pyrrole nitrogens is 1. The van der Waals surface area contributed by atoms with Gasteiger partial charge in [0, 0.05) is 42.0 Å². The predicted molar refractivity (Wildman–Crippen MR) is 115 cm³/mol. The number of hydrogen-bond donors (Lipinski definition) is 3. The van der Waals surface area contributed by atoms with E-state index in [0.29, 0.717) is 6.54 Å². The summed E-state index contributed by atoms with van der Waals surface area (Å²) in [7, 11) is 0. The maximum atomic E-state index is 12.5.